The maximum atomic E-state index is 12.8. The zero-order chi connectivity index (χ0) is 22.4. The number of ether oxygens (including phenoxy) is 2. The number of nitrogens with zero attached hydrogens (tertiary/aromatic N) is 3. The molecule has 0 aromatic heterocycles. The highest BCUT2D eigenvalue weighted by molar-refractivity contribution is 7.89. The van der Waals surface area contributed by atoms with E-state index in [1.54, 1.807) is 20.8 Å². The number of carbonyl (C=O) groups excluding carboxylic acids is 2. The van der Waals surface area contributed by atoms with Gasteiger partial charge >= 0.3 is 18.4 Å². The molecule has 0 saturated carbocycles. The maximum Gasteiger partial charge on any atom is 0.454 e. The third-order valence-corrected chi connectivity index (χ3v) is 4.85. The predicted molar refractivity (Wildman–Crippen MR) is 103 cm³/mol. The van der Waals surface area contributed by atoms with E-state index in [0.29, 0.717) is 5.01 Å². The Morgan fingerprint density at radius 3 is 2.45 bits per heavy atom. The van der Waals surface area contributed by atoms with Gasteiger partial charge in [0.05, 0.1) is 35.0 Å². The highest BCUT2D eigenvalue weighted by atomic mass is 32.2. The first-order valence-electron chi connectivity index (χ1n) is 8.23. The van der Waals surface area contributed by atoms with Crippen molar-refractivity contribution in [3.63, 3.8) is 0 Å². The molecule has 1 aromatic carbocycles. The molecule has 1 aromatic rings. The third kappa shape index (κ3) is 6.80. The molecule has 1 rings (SSSR count). The number of hydrogen-bond acceptors (Lipinski definition) is 9. The summed E-state index contributed by atoms with van der Waals surface area (Å²) >= 11 is 0. The van der Waals surface area contributed by atoms with Crippen LogP contribution in [0.3, 0.4) is 0 Å². The summed E-state index contributed by atoms with van der Waals surface area (Å²) in [5.74, 6) is -0.928. The van der Waals surface area contributed by atoms with Crippen LogP contribution in [0.5, 0.6) is 0 Å². The summed E-state index contributed by atoms with van der Waals surface area (Å²) in [6.07, 6.45) is -0.837. The Kier molecular flexibility index (Phi) is 7.79. The number of esters is 1. The minimum absolute atomic E-state index is 0.0553. The molecular weight excluding hydrogens is 408 g/mol. The molecular formula is C16H22N4O8S. The number of benzene rings is 1. The second-order valence-electron chi connectivity index (χ2n) is 6.55. The van der Waals surface area contributed by atoms with E-state index in [1.807, 2.05) is 0 Å². The molecule has 12 nitrogen and oxygen atoms in total. The fourth-order valence-corrected chi connectivity index (χ4v) is 3.73. The van der Waals surface area contributed by atoms with Crippen molar-refractivity contribution in [3.05, 3.63) is 33.9 Å². The van der Waals surface area contributed by atoms with Crippen LogP contribution in [0.1, 0.15) is 38.1 Å². The van der Waals surface area contributed by atoms with E-state index in [-0.39, 0.29) is 24.2 Å². The van der Waals surface area contributed by atoms with Gasteiger partial charge in [-0.05, 0) is 50.8 Å². The number of hydrogen-bond donors (Lipinski definition) is 1. The lowest BCUT2D eigenvalue weighted by molar-refractivity contribution is -0.339. The van der Waals surface area contributed by atoms with E-state index < -0.39 is 37.4 Å². The van der Waals surface area contributed by atoms with Crippen LogP contribution < -0.4 is 9.73 Å². The van der Waals surface area contributed by atoms with Crippen molar-refractivity contribution in [1.82, 2.24) is 4.72 Å². The molecule has 0 radical (unpaired) electrons. The summed E-state index contributed by atoms with van der Waals surface area (Å²) < 4.78 is 37.4. The van der Waals surface area contributed by atoms with Gasteiger partial charge in [-0.2, -0.15) is 0 Å². The summed E-state index contributed by atoms with van der Waals surface area (Å²) in [4.78, 5) is 33.4. The monoisotopic (exact) mass is 430 g/mol. The van der Waals surface area contributed by atoms with Crippen molar-refractivity contribution in [3.8, 4) is 0 Å². The molecule has 0 saturated heterocycles. The van der Waals surface area contributed by atoms with E-state index in [0.717, 1.165) is 19.2 Å². The van der Waals surface area contributed by atoms with Gasteiger partial charge in [0.15, 0.2) is 0 Å². The molecule has 13 heteroatoms. The molecule has 0 unspecified atom stereocenters. The maximum absolute atomic E-state index is 12.8. The van der Waals surface area contributed by atoms with Gasteiger partial charge in [-0.1, -0.05) is 5.01 Å². The van der Waals surface area contributed by atoms with E-state index in [2.05, 4.69) is 14.6 Å². The van der Waals surface area contributed by atoms with Gasteiger partial charge in [0, 0.05) is 5.54 Å². The minimum Gasteiger partial charge on any atom is -0.465 e. The fraction of sp³-hybridized carbons (Fsp3) is 0.438. The molecule has 0 aliphatic carbocycles. The number of methoxy groups -OCH3 is 1. The summed E-state index contributed by atoms with van der Waals surface area (Å²) in [5, 5.41) is 14.5. The van der Waals surface area contributed by atoms with Crippen molar-refractivity contribution >= 4 is 34.1 Å². The molecule has 160 valence electrons. The first-order valence-corrected chi connectivity index (χ1v) is 9.71. The average Bonchev–Trinajstić information content (AvgIpc) is 2.59. The summed E-state index contributed by atoms with van der Waals surface area (Å²) in [6, 6.07) is 3.25. The zero-order valence-electron chi connectivity index (χ0n) is 16.5. The van der Waals surface area contributed by atoms with E-state index in [9.17, 15) is 28.1 Å². The van der Waals surface area contributed by atoms with Crippen LogP contribution in [-0.2, 0) is 19.5 Å². The minimum atomic E-state index is -4.24. The summed E-state index contributed by atoms with van der Waals surface area (Å²) in [7, 11) is -3.16. The third-order valence-electron chi connectivity index (χ3n) is 3.05. The van der Waals surface area contributed by atoms with Crippen LogP contribution in [-0.4, -0.2) is 51.0 Å². The molecule has 0 aliphatic heterocycles. The predicted octanol–water partition coefficient (Wildman–Crippen LogP) is 1.73. The molecule has 1 N–H and O–H groups in total. The lowest BCUT2D eigenvalue weighted by Crippen LogP contribution is -2.41. The average molecular weight is 430 g/mol. The topological polar surface area (TPSA) is 158 Å². The van der Waals surface area contributed by atoms with Gasteiger partial charge in [-0.3, -0.25) is 0 Å². The highest BCUT2D eigenvalue weighted by Gasteiger charge is 2.30. The Morgan fingerprint density at radius 2 is 1.97 bits per heavy atom. The molecule has 0 aliphatic rings. The SMILES string of the molecule is CCOC(=O)N(N=C[N+](=O)[O-])c1ccc(C(=O)OC)c(S(=O)(=O)NC(C)(C)C)c1. The quantitative estimate of drug-likeness (QED) is 0.225. The molecule has 0 bridgehead atoms. The van der Waals surface area contributed by atoms with Gasteiger partial charge in [-0.25, -0.2) is 22.7 Å². The second-order valence-corrected chi connectivity index (χ2v) is 8.21. The Labute approximate surface area is 167 Å². The number of anilines is 1. The summed E-state index contributed by atoms with van der Waals surface area (Å²) in [5.41, 5.74) is -1.36. The number of sulfonamides is 1. The van der Waals surface area contributed by atoms with Crippen molar-refractivity contribution in [1.29, 1.82) is 0 Å². The van der Waals surface area contributed by atoms with E-state index in [4.69, 9.17) is 4.74 Å². The van der Waals surface area contributed by atoms with Crippen LogP contribution in [0.2, 0.25) is 0 Å². The molecule has 1 amide bonds. The second kappa shape index (κ2) is 9.43. The zero-order valence-corrected chi connectivity index (χ0v) is 17.3. The van der Waals surface area contributed by atoms with Crippen LogP contribution in [0.4, 0.5) is 10.5 Å². The molecule has 0 heterocycles. The standard InChI is InChI=1S/C16H22N4O8S/c1-6-28-15(22)20(17-10-19(23)24)11-7-8-12(14(21)27-5)13(9-11)29(25,26)18-16(2,3)4/h7-10,18H,6H2,1-5H3. The van der Waals surface area contributed by atoms with Crippen LogP contribution in [0, 0.1) is 10.1 Å². The van der Waals surface area contributed by atoms with E-state index >= 15 is 0 Å². The van der Waals surface area contributed by atoms with Gasteiger partial charge in [0.1, 0.15) is 0 Å². The number of carbonyl (C=O) groups is 2. The smallest absolute Gasteiger partial charge is 0.454 e. The van der Waals surface area contributed by atoms with Crippen molar-refractivity contribution in [2.45, 2.75) is 38.1 Å². The van der Waals surface area contributed by atoms with Crippen molar-refractivity contribution in [2.75, 3.05) is 18.7 Å². The Hall–Kier alpha value is -3.06. The van der Waals surface area contributed by atoms with Crippen LogP contribution in [0.25, 0.3) is 0 Å². The van der Waals surface area contributed by atoms with E-state index in [1.165, 1.54) is 13.0 Å². The molecule has 29 heavy (non-hydrogen) atoms. The lowest BCUT2D eigenvalue weighted by Gasteiger charge is -2.22. The number of nitro groups is 1. The van der Waals surface area contributed by atoms with Gasteiger partial charge < -0.3 is 19.6 Å². The molecule has 0 atom stereocenters. The van der Waals surface area contributed by atoms with Crippen LogP contribution >= 0.6 is 0 Å². The van der Waals surface area contributed by atoms with Gasteiger partial charge in [0.2, 0.25) is 10.0 Å². The van der Waals surface area contributed by atoms with Crippen molar-refractivity contribution < 1.29 is 32.4 Å². The lowest BCUT2D eigenvalue weighted by atomic mass is 10.1. The number of nitrogens with one attached hydrogen (secondary N) is 1. The summed E-state index contributed by atoms with van der Waals surface area (Å²) in [6.45, 7) is 6.24. The first-order chi connectivity index (χ1) is 13.3. The highest BCUT2D eigenvalue weighted by Crippen LogP contribution is 2.26. The van der Waals surface area contributed by atoms with Gasteiger partial charge in [0.25, 0.3) is 0 Å². The van der Waals surface area contributed by atoms with Crippen molar-refractivity contribution in [2.24, 2.45) is 5.10 Å². The Bertz CT molecular complexity index is 921. The number of rotatable bonds is 7. The normalized spacial score (nSPS) is 11.9. The molecule has 0 fully saturated rings. The fourth-order valence-electron chi connectivity index (χ4n) is 2.10. The number of hydrazone groups is 1. The Balaban J connectivity index is 3.66. The number of amides is 1. The van der Waals surface area contributed by atoms with Gasteiger partial charge in [-0.15, -0.1) is 0 Å². The largest absolute Gasteiger partial charge is 0.465 e. The van der Waals surface area contributed by atoms with Crippen LogP contribution in [0.15, 0.2) is 28.2 Å². The molecule has 0 spiro atoms. The Morgan fingerprint density at radius 1 is 1.34 bits per heavy atom. The first kappa shape index (κ1) is 24.0.